The van der Waals surface area contributed by atoms with Gasteiger partial charge in [0, 0.05) is 6.42 Å². The van der Waals surface area contributed by atoms with Crippen molar-refractivity contribution in [1.29, 1.82) is 0 Å². The van der Waals surface area contributed by atoms with Gasteiger partial charge in [-0.05, 0) is 40.3 Å². The second-order valence-corrected chi connectivity index (χ2v) is 14.3. The lowest BCUT2D eigenvalue weighted by atomic mass is 9.92. The molecule has 0 unspecified atom stereocenters. The average molecular weight is 387 g/mol. The quantitative estimate of drug-likeness (QED) is 0.446. The molecule has 27 heavy (non-hydrogen) atoms. The smallest absolute Gasteiger partial charge is 0.201 e. The molecule has 0 aromatic heterocycles. The van der Waals surface area contributed by atoms with Crippen LogP contribution >= 0.6 is 0 Å². The molecule has 0 bridgehead atoms. The van der Waals surface area contributed by atoms with Gasteiger partial charge in [-0.2, -0.15) is 0 Å². The van der Waals surface area contributed by atoms with Crippen molar-refractivity contribution in [3.8, 4) is 0 Å². The van der Waals surface area contributed by atoms with E-state index in [-0.39, 0.29) is 12.2 Å². The van der Waals surface area contributed by atoms with E-state index >= 15 is 0 Å². The minimum atomic E-state index is -1.92. The summed E-state index contributed by atoms with van der Waals surface area (Å²) in [6.45, 7) is 21.1. The molecule has 1 aliphatic carbocycles. The van der Waals surface area contributed by atoms with Crippen LogP contribution in [0, 0.1) is 0 Å². The van der Waals surface area contributed by atoms with Gasteiger partial charge in [0.05, 0.1) is 18.8 Å². The Balaban J connectivity index is 2.16. The summed E-state index contributed by atoms with van der Waals surface area (Å²) in [5.74, 6) is 0. The molecule has 150 valence electrons. The second-order valence-electron chi connectivity index (χ2n) is 8.91. The SMILES string of the molecule is C=C1C=C(C)[C@@H](O[Si](C(C)C)(C(C)C)C(C)C)C[C@@H]1OCc1ccccc1. The first-order valence-electron chi connectivity index (χ1n) is 10.4. The van der Waals surface area contributed by atoms with E-state index in [2.05, 4.69) is 85.4 Å². The van der Waals surface area contributed by atoms with Gasteiger partial charge in [-0.3, -0.25) is 0 Å². The molecule has 1 aromatic rings. The number of benzene rings is 1. The maximum absolute atomic E-state index is 7.06. The highest BCUT2D eigenvalue weighted by Gasteiger charge is 2.47. The number of hydrogen-bond acceptors (Lipinski definition) is 2. The van der Waals surface area contributed by atoms with Crippen LogP contribution in [0.2, 0.25) is 16.6 Å². The molecule has 0 radical (unpaired) electrons. The normalized spacial score (nSPS) is 21.3. The third-order valence-electron chi connectivity index (χ3n) is 6.11. The van der Waals surface area contributed by atoms with Crippen LogP contribution in [0.4, 0.5) is 0 Å². The van der Waals surface area contributed by atoms with Crippen molar-refractivity contribution in [1.82, 2.24) is 0 Å². The highest BCUT2D eigenvalue weighted by Crippen LogP contribution is 2.45. The summed E-state index contributed by atoms with van der Waals surface area (Å²) in [6.07, 6.45) is 3.21. The third-order valence-corrected chi connectivity index (χ3v) is 12.2. The van der Waals surface area contributed by atoms with E-state index in [1.807, 2.05) is 6.07 Å². The lowest BCUT2D eigenvalue weighted by Gasteiger charge is -2.46. The zero-order chi connectivity index (χ0) is 20.2. The van der Waals surface area contributed by atoms with Crippen molar-refractivity contribution < 1.29 is 9.16 Å². The highest BCUT2D eigenvalue weighted by atomic mass is 28.4. The van der Waals surface area contributed by atoms with Crippen LogP contribution < -0.4 is 0 Å². The Morgan fingerprint density at radius 3 is 2.04 bits per heavy atom. The van der Waals surface area contributed by atoms with E-state index in [0.717, 1.165) is 12.0 Å². The zero-order valence-corrected chi connectivity index (χ0v) is 19.3. The maximum Gasteiger partial charge on any atom is 0.201 e. The summed E-state index contributed by atoms with van der Waals surface area (Å²) in [5.41, 5.74) is 5.30. The summed E-state index contributed by atoms with van der Waals surface area (Å²) in [4.78, 5) is 0. The van der Waals surface area contributed by atoms with E-state index in [9.17, 15) is 0 Å². The Bertz CT molecular complexity index is 624. The largest absolute Gasteiger partial charge is 0.409 e. The van der Waals surface area contributed by atoms with Crippen LogP contribution in [0.15, 0.2) is 54.1 Å². The molecule has 0 saturated heterocycles. The third kappa shape index (κ3) is 5.01. The van der Waals surface area contributed by atoms with Crippen molar-refractivity contribution >= 4 is 8.32 Å². The van der Waals surface area contributed by atoms with Gasteiger partial charge >= 0.3 is 0 Å². The molecule has 1 aliphatic rings. The van der Waals surface area contributed by atoms with Gasteiger partial charge in [0.15, 0.2) is 0 Å². The van der Waals surface area contributed by atoms with Crippen molar-refractivity contribution in [2.75, 3.05) is 0 Å². The molecule has 0 heterocycles. The van der Waals surface area contributed by atoms with E-state index < -0.39 is 8.32 Å². The molecule has 0 N–H and O–H groups in total. The molecule has 0 spiro atoms. The van der Waals surface area contributed by atoms with Crippen LogP contribution in [0.25, 0.3) is 0 Å². The summed E-state index contributed by atoms with van der Waals surface area (Å²) in [6, 6.07) is 10.4. The van der Waals surface area contributed by atoms with E-state index in [1.54, 1.807) is 0 Å². The van der Waals surface area contributed by atoms with Gasteiger partial charge in [-0.25, -0.2) is 0 Å². The molecule has 0 aliphatic heterocycles. The number of ether oxygens (including phenoxy) is 1. The lowest BCUT2D eigenvalue weighted by Crippen LogP contribution is -2.51. The summed E-state index contributed by atoms with van der Waals surface area (Å²) in [5, 5.41) is 0. The van der Waals surface area contributed by atoms with Gasteiger partial charge in [0.2, 0.25) is 8.32 Å². The summed E-state index contributed by atoms with van der Waals surface area (Å²) >= 11 is 0. The monoisotopic (exact) mass is 386 g/mol. The molecular weight excluding hydrogens is 348 g/mol. The number of hydrogen-bond donors (Lipinski definition) is 0. The molecule has 2 atom stereocenters. The Morgan fingerprint density at radius 1 is 0.963 bits per heavy atom. The molecular formula is C24H38O2Si. The lowest BCUT2D eigenvalue weighted by molar-refractivity contribution is 0.0321. The van der Waals surface area contributed by atoms with Crippen molar-refractivity contribution in [3.05, 3.63) is 59.7 Å². The summed E-state index contributed by atoms with van der Waals surface area (Å²) < 4.78 is 13.3. The molecule has 0 saturated carbocycles. The van der Waals surface area contributed by atoms with Crippen LogP contribution in [-0.4, -0.2) is 20.5 Å². The molecule has 0 amide bonds. The summed E-state index contributed by atoms with van der Waals surface area (Å²) in [7, 11) is -1.92. The Labute approximate surface area is 167 Å². The molecule has 2 nitrogen and oxygen atoms in total. The maximum atomic E-state index is 7.06. The van der Waals surface area contributed by atoms with Gasteiger partial charge in [-0.15, -0.1) is 0 Å². The fraction of sp³-hybridized carbons (Fsp3) is 0.583. The van der Waals surface area contributed by atoms with Gasteiger partial charge in [-0.1, -0.05) is 84.5 Å². The Morgan fingerprint density at radius 2 is 1.52 bits per heavy atom. The minimum absolute atomic E-state index is 0.0251. The van der Waals surface area contributed by atoms with Gasteiger partial charge in [0.25, 0.3) is 0 Å². The van der Waals surface area contributed by atoms with Gasteiger partial charge < -0.3 is 9.16 Å². The highest BCUT2D eigenvalue weighted by molar-refractivity contribution is 6.77. The van der Waals surface area contributed by atoms with Crippen molar-refractivity contribution in [2.45, 2.75) is 90.3 Å². The first kappa shape index (κ1) is 22.1. The van der Waals surface area contributed by atoms with Crippen LogP contribution in [0.3, 0.4) is 0 Å². The van der Waals surface area contributed by atoms with Crippen molar-refractivity contribution in [3.63, 3.8) is 0 Å². The Hall–Kier alpha value is -1.16. The second kappa shape index (κ2) is 9.36. The number of rotatable bonds is 8. The van der Waals surface area contributed by atoms with Gasteiger partial charge in [0.1, 0.15) is 0 Å². The molecule has 0 fully saturated rings. The van der Waals surface area contributed by atoms with Crippen LogP contribution in [0.1, 0.15) is 60.5 Å². The fourth-order valence-electron chi connectivity index (χ4n) is 4.75. The average Bonchev–Trinajstić information content (AvgIpc) is 2.60. The molecule has 2 rings (SSSR count). The molecule has 3 heteroatoms. The minimum Gasteiger partial charge on any atom is -0.409 e. The fourth-order valence-corrected chi connectivity index (χ4v) is 10.3. The first-order chi connectivity index (χ1) is 12.7. The van der Waals surface area contributed by atoms with Crippen LogP contribution in [0.5, 0.6) is 0 Å². The standard InChI is InChI=1S/C24H38O2Si/c1-17(2)27(18(3)4,19(5)6)26-24-15-23(20(7)14-21(24)8)25-16-22-12-10-9-11-13-22/h9-14,17-19,23-24H,7,15-16H2,1-6,8H3/t23-,24-/m0/s1. The first-order valence-corrected chi connectivity index (χ1v) is 12.5. The van der Waals surface area contributed by atoms with E-state index in [4.69, 9.17) is 9.16 Å². The van der Waals surface area contributed by atoms with Crippen molar-refractivity contribution in [2.24, 2.45) is 0 Å². The predicted octanol–water partition coefficient (Wildman–Crippen LogP) is 7.04. The zero-order valence-electron chi connectivity index (χ0n) is 18.3. The molecule has 1 aromatic carbocycles. The predicted molar refractivity (Wildman–Crippen MR) is 118 cm³/mol. The van der Waals surface area contributed by atoms with E-state index in [1.165, 1.54) is 11.1 Å². The van der Waals surface area contributed by atoms with E-state index in [0.29, 0.717) is 23.2 Å². The van der Waals surface area contributed by atoms with Crippen LogP contribution in [-0.2, 0) is 15.8 Å². The topological polar surface area (TPSA) is 18.5 Å². The Kier molecular flexibility index (Phi) is 7.67.